The number of nitrogens with two attached hydrogens (primary N) is 1. The predicted octanol–water partition coefficient (Wildman–Crippen LogP) is 0.162. The van der Waals surface area contributed by atoms with E-state index in [0.717, 1.165) is 54.7 Å². The van der Waals surface area contributed by atoms with Crippen molar-refractivity contribution in [3.8, 4) is 28.1 Å². The van der Waals surface area contributed by atoms with Crippen molar-refractivity contribution >= 4 is 76.9 Å². The van der Waals surface area contributed by atoms with Crippen molar-refractivity contribution in [2.75, 3.05) is 26.8 Å². The largest absolute Gasteiger partial charge is 0.497 e. The van der Waals surface area contributed by atoms with Gasteiger partial charge < -0.3 is 93.7 Å². The average molecular weight is 1540 g/mol. The van der Waals surface area contributed by atoms with Crippen LogP contribution < -0.4 is 58.3 Å². The summed E-state index contributed by atoms with van der Waals surface area (Å²) in [4.78, 5) is 191. The van der Waals surface area contributed by atoms with Gasteiger partial charge in [0.25, 0.3) is 0 Å². The number of aryl methyl sites for hydroxylation is 3. The highest BCUT2D eigenvalue weighted by Gasteiger charge is 2.47. The number of imidazole rings is 1. The second kappa shape index (κ2) is 39.9. The normalized spacial score (nSPS) is 16.2. The molecule has 17 N–H and O–H groups in total. The molecule has 6 aromatic rings. The number of aliphatic carboxylic acids is 2. The number of aliphatic hydroxyl groups excluding tert-OH is 3. The van der Waals surface area contributed by atoms with Crippen molar-refractivity contribution in [2.24, 2.45) is 5.73 Å². The summed E-state index contributed by atoms with van der Waals surface area (Å²) in [5.74, 6) is -15.4. The zero-order valence-corrected chi connectivity index (χ0v) is 62.4. The van der Waals surface area contributed by atoms with Crippen LogP contribution >= 0.6 is 0 Å². The molecule has 1 saturated heterocycles. The topological polar surface area (TPSA) is 511 Å². The van der Waals surface area contributed by atoms with Gasteiger partial charge in [-0.15, -0.1) is 0 Å². The number of carbonyl (C=O) groups is 13. The number of methoxy groups -OCH3 is 1. The third kappa shape index (κ3) is 24.0. The number of aliphatic hydroxyl groups is 3. The monoisotopic (exact) mass is 1540 g/mol. The maximum absolute atomic E-state index is 15.5. The highest BCUT2D eigenvalue weighted by molar-refractivity contribution is 6.01. The number of carboxylic acids is 2. The number of H-pyrrole nitrogens is 1. The molecule has 0 saturated carbocycles. The molecule has 0 aliphatic carbocycles. The molecule has 594 valence electrons. The van der Waals surface area contributed by atoms with Gasteiger partial charge in [0, 0.05) is 56.6 Å². The molecule has 0 spiro atoms. The van der Waals surface area contributed by atoms with Crippen molar-refractivity contribution in [1.29, 1.82) is 0 Å². The summed E-state index contributed by atoms with van der Waals surface area (Å²) in [5.41, 5.74) is 8.36. The van der Waals surface area contributed by atoms with Crippen molar-refractivity contribution in [2.45, 2.75) is 178 Å². The molecular weight excluding hydrogens is 1440 g/mol. The van der Waals surface area contributed by atoms with Crippen LogP contribution in [-0.4, -0.2) is 215 Å². The molecule has 0 radical (unpaired) electrons. The fraction of sp³-hybridized carbons (Fsp3) is 0.416. The lowest BCUT2D eigenvalue weighted by Gasteiger charge is -2.35. The Bertz CT molecular complexity index is 4340. The number of hydrogen-bond acceptors (Lipinski definition) is 19. The summed E-state index contributed by atoms with van der Waals surface area (Å²) < 4.78 is 20.9. The van der Waals surface area contributed by atoms with Crippen molar-refractivity contribution in [3.05, 3.63) is 161 Å². The molecule has 11 amide bonds. The van der Waals surface area contributed by atoms with E-state index in [1.807, 2.05) is 50.2 Å². The van der Waals surface area contributed by atoms with Crippen LogP contribution in [0.4, 0.5) is 4.39 Å². The quantitative estimate of drug-likeness (QED) is 0.0244. The van der Waals surface area contributed by atoms with Crippen LogP contribution in [0.25, 0.3) is 22.4 Å². The molecule has 11 atom stereocenters. The smallest absolute Gasteiger partial charge is 0.305 e. The van der Waals surface area contributed by atoms with Gasteiger partial charge in [0.2, 0.25) is 65.0 Å². The first-order valence-electron chi connectivity index (χ1n) is 35.9. The van der Waals surface area contributed by atoms with Crippen LogP contribution in [0.3, 0.4) is 0 Å². The Morgan fingerprint density at radius 3 is 1.93 bits per heavy atom. The van der Waals surface area contributed by atoms with E-state index in [0.29, 0.717) is 41.1 Å². The SMILES string of the molecule is CCc1cc(OC)ccc1-c1ccc(C[C@H](NC(=O)[C@H](CC(=O)O)NC(=O)[C@H](CO)NC(=O)[C@@H](NC(=O)C(C)(Cc2ccccc2F)NC(=O)[C@@H](NC(=O)CNC(=O)[C@H](CCC(=O)O)NC(=O)C2(C)CCCN2C(=O)CCc2c[nH]cn2)[C@@H](C)O)[C@@H](C)O)C(=O)N[C@@H](Cc2ccc(-c3ccccc3C)nc2)C(N)=O)cc1. The van der Waals surface area contributed by atoms with E-state index < -0.39 is 181 Å². The molecule has 1 aliphatic rings. The lowest BCUT2D eigenvalue weighted by molar-refractivity contribution is -0.145. The minimum Gasteiger partial charge on any atom is -0.497 e. The Balaban J connectivity index is 1.05. The molecule has 111 heavy (non-hydrogen) atoms. The zero-order chi connectivity index (χ0) is 81.4. The molecule has 1 fully saturated rings. The van der Waals surface area contributed by atoms with Crippen molar-refractivity contribution < 1.29 is 97.0 Å². The molecule has 3 heterocycles. The van der Waals surface area contributed by atoms with E-state index >= 15 is 4.39 Å². The van der Waals surface area contributed by atoms with Gasteiger partial charge in [0.15, 0.2) is 0 Å². The standard InChI is InChI=1S/C77H95FN14O19/c1-8-47-34-51(111-7)24-25-53(47)48-21-18-45(19-22-48)32-58(69(104)84-57(67(79)102)33-46-20-26-55(81-37-46)52-16-11-9-14-42(52)2)85-70(105)59(35-64(100)101)86-71(106)60(40-93)87-72(107)65(43(3)94)90-74(109)76(5,36-49-15-10-12-17-54(49)78)91-73(108)66(44(4)95)89-61(96)39-82-68(103)56(27-29-63(98)99)88-75(110)77(6)30-13-31-92(77)62(97)28-23-50-38-80-41-83-50/h9-12,14-22,24-26,34,37-38,41,43-44,56-60,65-66,93-95H,8,13,23,27-33,35-36,39-40H2,1-7H3,(H2,79,102)(H,80,83)(H,82,103)(H,84,104)(H,85,105)(H,86,106)(H,87,107)(H,88,110)(H,89,96)(H,90,109)(H,91,108)(H,98,99)(H,100,101)/t43-,44-,56+,57+,58+,59+,60+,65+,66+,76?,77?/m1/s1. The van der Waals surface area contributed by atoms with Crippen LogP contribution in [-0.2, 0) is 94.4 Å². The number of ether oxygens (including phenoxy) is 1. The van der Waals surface area contributed by atoms with Crippen LogP contribution in [0.15, 0.2) is 122 Å². The van der Waals surface area contributed by atoms with Gasteiger partial charge in [-0.2, -0.15) is 0 Å². The van der Waals surface area contributed by atoms with Gasteiger partial charge in [-0.3, -0.25) is 67.3 Å². The van der Waals surface area contributed by atoms with Crippen molar-refractivity contribution in [3.63, 3.8) is 0 Å². The second-order valence-electron chi connectivity index (χ2n) is 27.5. The summed E-state index contributed by atoms with van der Waals surface area (Å²) in [5, 5.41) is 73.2. The molecule has 0 bridgehead atoms. The predicted molar refractivity (Wildman–Crippen MR) is 398 cm³/mol. The van der Waals surface area contributed by atoms with Gasteiger partial charge >= 0.3 is 11.9 Å². The van der Waals surface area contributed by atoms with Gasteiger partial charge in [0.1, 0.15) is 64.9 Å². The van der Waals surface area contributed by atoms with E-state index in [1.54, 1.807) is 55.8 Å². The number of likely N-dealkylation sites (tertiary alicyclic amines) is 1. The third-order valence-electron chi connectivity index (χ3n) is 19.0. The third-order valence-corrected chi connectivity index (χ3v) is 19.0. The minimum absolute atomic E-state index is 0.000728. The Hall–Kier alpha value is -12.0. The molecule has 1 aliphatic heterocycles. The number of primary amides is 1. The van der Waals surface area contributed by atoms with E-state index in [-0.39, 0.29) is 50.1 Å². The van der Waals surface area contributed by atoms with Gasteiger partial charge in [-0.25, -0.2) is 9.37 Å². The number of hydrogen-bond donors (Lipinski definition) is 16. The van der Waals surface area contributed by atoms with Gasteiger partial charge in [0.05, 0.1) is 56.6 Å². The highest BCUT2D eigenvalue weighted by atomic mass is 19.1. The average Bonchev–Trinajstić information content (AvgIpc) is 1.71. The zero-order valence-electron chi connectivity index (χ0n) is 62.4. The molecule has 2 aromatic heterocycles. The Labute approximate surface area is 638 Å². The van der Waals surface area contributed by atoms with Gasteiger partial charge in [-0.05, 0) is 130 Å². The first-order chi connectivity index (χ1) is 52.7. The van der Waals surface area contributed by atoms with Crippen LogP contribution in [0.5, 0.6) is 5.75 Å². The lowest BCUT2D eigenvalue weighted by atomic mass is 9.90. The molecule has 34 heteroatoms. The number of carbonyl (C=O) groups excluding carboxylic acids is 11. The van der Waals surface area contributed by atoms with Crippen LogP contribution in [0.2, 0.25) is 0 Å². The van der Waals surface area contributed by atoms with Gasteiger partial charge in [-0.1, -0.05) is 85.8 Å². The number of benzene rings is 4. The highest BCUT2D eigenvalue weighted by Crippen LogP contribution is 2.32. The summed E-state index contributed by atoms with van der Waals surface area (Å²) >= 11 is 0. The summed E-state index contributed by atoms with van der Waals surface area (Å²) in [6.45, 7) is 6.45. The summed E-state index contributed by atoms with van der Waals surface area (Å²) in [6, 6.07) is 15.4. The molecule has 33 nitrogen and oxygen atoms in total. The first-order valence-corrected chi connectivity index (χ1v) is 35.9. The van der Waals surface area contributed by atoms with E-state index in [2.05, 4.69) is 62.8 Å². The number of halogens is 1. The fourth-order valence-electron chi connectivity index (χ4n) is 12.6. The van der Waals surface area contributed by atoms with E-state index in [4.69, 9.17) is 10.5 Å². The maximum Gasteiger partial charge on any atom is 0.305 e. The summed E-state index contributed by atoms with van der Waals surface area (Å²) in [7, 11) is 1.55. The Kier molecular flexibility index (Phi) is 31.0. The van der Waals surface area contributed by atoms with E-state index in [9.17, 15) is 87.9 Å². The van der Waals surface area contributed by atoms with Crippen LogP contribution in [0, 0.1) is 12.7 Å². The Morgan fingerprint density at radius 2 is 1.32 bits per heavy atom. The molecular formula is C77H95FN14O19. The maximum atomic E-state index is 15.5. The number of aromatic amines is 1. The number of pyridine rings is 1. The number of aromatic nitrogens is 3. The number of nitrogens with one attached hydrogen (secondary N) is 10. The number of rotatable bonds is 40. The lowest BCUT2D eigenvalue weighted by Crippen LogP contribution is -2.67. The molecule has 2 unspecified atom stereocenters. The Morgan fingerprint density at radius 1 is 0.685 bits per heavy atom. The number of nitrogens with zero attached hydrogens (tertiary/aromatic N) is 3. The number of carboxylic acid groups (broad SMARTS) is 2. The van der Waals surface area contributed by atoms with Crippen LogP contribution in [0.1, 0.15) is 107 Å². The number of amides is 11. The molecule has 4 aromatic carbocycles. The second-order valence-corrected chi connectivity index (χ2v) is 27.5. The molecule has 7 rings (SSSR count). The minimum atomic E-state index is -2.42. The fourth-order valence-corrected chi connectivity index (χ4v) is 12.6. The summed E-state index contributed by atoms with van der Waals surface area (Å²) in [6.07, 6.45) is -1.11. The van der Waals surface area contributed by atoms with Crippen molar-refractivity contribution in [1.82, 2.24) is 67.7 Å². The first kappa shape index (κ1) is 86.2. The van der Waals surface area contributed by atoms with E-state index in [1.165, 1.54) is 42.5 Å².